The van der Waals surface area contributed by atoms with E-state index in [1.165, 1.54) is 0 Å². The van der Waals surface area contributed by atoms with Gasteiger partial charge in [0.1, 0.15) is 5.76 Å². The first-order valence-corrected chi connectivity index (χ1v) is 10.2. The second-order valence-electron chi connectivity index (χ2n) is 6.82. The molecule has 2 aromatic carbocycles. The van der Waals surface area contributed by atoms with Crippen molar-refractivity contribution in [2.75, 3.05) is 6.26 Å². The molecule has 0 saturated heterocycles. The minimum atomic E-state index is -3.36. The third-order valence-electron chi connectivity index (χ3n) is 4.97. The van der Waals surface area contributed by atoms with Crippen molar-refractivity contribution in [3.63, 3.8) is 0 Å². The predicted octanol–water partition coefficient (Wildman–Crippen LogP) is 3.63. The normalized spacial score (nSPS) is 12.7. The fraction of sp³-hybridized carbons (Fsp3) is 0.200. The lowest BCUT2D eigenvalue weighted by atomic mass is 9.93. The number of carboxylic acids is 1. The summed E-state index contributed by atoms with van der Waals surface area (Å²) in [6, 6.07) is 8.48. The van der Waals surface area contributed by atoms with Crippen molar-refractivity contribution < 1.29 is 22.8 Å². The molecule has 1 aromatic heterocycles. The van der Waals surface area contributed by atoms with Crippen molar-refractivity contribution in [3.8, 4) is 22.3 Å². The summed E-state index contributed by atoms with van der Waals surface area (Å²) in [5.74, 6) is -0.414. The number of aromatic carboxylic acids is 1. The van der Waals surface area contributed by atoms with Crippen LogP contribution in [0, 0.1) is 13.8 Å². The lowest BCUT2D eigenvalue weighted by molar-refractivity contribution is 0.0696. The van der Waals surface area contributed by atoms with E-state index in [9.17, 15) is 18.3 Å². The zero-order chi connectivity index (χ0) is 19.5. The number of nitrogens with zero attached hydrogens (tertiary/aromatic N) is 1. The molecule has 1 aliphatic carbocycles. The van der Waals surface area contributed by atoms with Crippen LogP contribution in [-0.2, 0) is 16.3 Å². The van der Waals surface area contributed by atoms with Gasteiger partial charge in [0.2, 0.25) is 0 Å². The predicted molar refractivity (Wildman–Crippen MR) is 99.7 cm³/mol. The molecular formula is C20H17NO5S. The van der Waals surface area contributed by atoms with Crippen molar-refractivity contribution in [1.29, 1.82) is 0 Å². The van der Waals surface area contributed by atoms with E-state index < -0.39 is 15.8 Å². The highest BCUT2D eigenvalue weighted by atomic mass is 32.2. The minimum Gasteiger partial charge on any atom is -0.478 e. The van der Waals surface area contributed by atoms with Crippen molar-refractivity contribution in [3.05, 3.63) is 58.5 Å². The molecule has 0 unspecified atom stereocenters. The number of aryl methyl sites for hydroxylation is 2. The number of fused-ring (bicyclic) bond motifs is 3. The number of hydrogen-bond acceptors (Lipinski definition) is 5. The zero-order valence-electron chi connectivity index (χ0n) is 15.0. The van der Waals surface area contributed by atoms with Gasteiger partial charge in [-0.25, -0.2) is 13.2 Å². The highest BCUT2D eigenvalue weighted by molar-refractivity contribution is 7.90. The maximum Gasteiger partial charge on any atom is 0.336 e. The molecular weight excluding hydrogens is 366 g/mol. The Morgan fingerprint density at radius 3 is 2.48 bits per heavy atom. The first-order chi connectivity index (χ1) is 12.7. The Morgan fingerprint density at radius 1 is 1.15 bits per heavy atom. The average Bonchev–Trinajstić information content (AvgIpc) is 3.12. The first-order valence-electron chi connectivity index (χ1n) is 8.33. The number of rotatable bonds is 3. The van der Waals surface area contributed by atoms with Crippen LogP contribution < -0.4 is 0 Å². The molecule has 6 nitrogen and oxygen atoms in total. The number of sulfone groups is 1. The van der Waals surface area contributed by atoms with Gasteiger partial charge in [0.25, 0.3) is 0 Å². The van der Waals surface area contributed by atoms with E-state index in [1.54, 1.807) is 38.1 Å². The van der Waals surface area contributed by atoms with Gasteiger partial charge in [-0.05, 0) is 72.4 Å². The molecule has 0 bridgehead atoms. The van der Waals surface area contributed by atoms with Crippen molar-refractivity contribution in [2.24, 2.45) is 0 Å². The SMILES string of the molecule is Cc1noc(C)c1-c1cc(C(=O)O)c2c(c1)-c1cc(S(C)(=O)=O)ccc1C2. The van der Waals surface area contributed by atoms with Gasteiger partial charge in [-0.15, -0.1) is 0 Å². The van der Waals surface area contributed by atoms with Crippen LogP contribution in [0.15, 0.2) is 39.8 Å². The van der Waals surface area contributed by atoms with Crippen LogP contribution in [0.1, 0.15) is 32.9 Å². The summed E-state index contributed by atoms with van der Waals surface area (Å²) in [7, 11) is -3.36. The van der Waals surface area contributed by atoms with Crippen LogP contribution in [0.5, 0.6) is 0 Å². The molecule has 0 radical (unpaired) electrons. The van der Waals surface area contributed by atoms with E-state index in [0.717, 1.165) is 28.5 Å². The topological polar surface area (TPSA) is 97.5 Å². The minimum absolute atomic E-state index is 0.208. The second kappa shape index (κ2) is 5.79. The van der Waals surface area contributed by atoms with E-state index in [4.69, 9.17) is 4.52 Å². The summed E-state index contributed by atoms with van der Waals surface area (Å²) < 4.78 is 29.1. The number of benzene rings is 2. The first kappa shape index (κ1) is 17.5. The third kappa shape index (κ3) is 2.75. The van der Waals surface area contributed by atoms with E-state index in [0.29, 0.717) is 29.0 Å². The average molecular weight is 383 g/mol. The highest BCUT2D eigenvalue weighted by Crippen LogP contribution is 2.42. The number of hydrogen-bond donors (Lipinski definition) is 1. The van der Waals surface area contributed by atoms with E-state index in [-0.39, 0.29) is 10.5 Å². The summed E-state index contributed by atoms with van der Waals surface area (Å²) in [6.45, 7) is 3.58. The van der Waals surface area contributed by atoms with Crippen molar-refractivity contribution in [1.82, 2.24) is 5.16 Å². The van der Waals surface area contributed by atoms with Crippen LogP contribution in [0.3, 0.4) is 0 Å². The van der Waals surface area contributed by atoms with Crippen LogP contribution in [-0.4, -0.2) is 30.9 Å². The smallest absolute Gasteiger partial charge is 0.336 e. The summed E-state index contributed by atoms with van der Waals surface area (Å²) in [6.07, 6.45) is 1.62. The fourth-order valence-corrected chi connectivity index (χ4v) is 4.36. The Morgan fingerprint density at radius 2 is 1.89 bits per heavy atom. The summed E-state index contributed by atoms with van der Waals surface area (Å²) in [5.41, 5.74) is 5.43. The van der Waals surface area contributed by atoms with Gasteiger partial charge in [0, 0.05) is 11.8 Å². The molecule has 0 fully saturated rings. The van der Waals surface area contributed by atoms with Gasteiger partial charge in [0.05, 0.1) is 16.2 Å². The molecule has 0 aliphatic heterocycles. The van der Waals surface area contributed by atoms with E-state index >= 15 is 0 Å². The molecule has 1 aliphatic rings. The van der Waals surface area contributed by atoms with E-state index in [2.05, 4.69) is 5.16 Å². The molecule has 3 aromatic rings. The maximum atomic E-state index is 11.9. The Kier molecular flexibility index (Phi) is 3.75. The zero-order valence-corrected chi connectivity index (χ0v) is 15.8. The standard InChI is InChI=1S/C20H17NO5S/c1-10-19(11(2)26-21-10)13-7-16-15-9-14(27(3,24)25)5-4-12(15)6-17(16)18(8-13)20(22)23/h4-5,7-9H,6H2,1-3H3,(H,22,23). The van der Waals surface area contributed by atoms with Gasteiger partial charge in [-0.2, -0.15) is 0 Å². The molecule has 27 heavy (non-hydrogen) atoms. The highest BCUT2D eigenvalue weighted by Gasteiger charge is 2.27. The van der Waals surface area contributed by atoms with Crippen LogP contribution >= 0.6 is 0 Å². The lowest BCUT2D eigenvalue weighted by Gasteiger charge is -2.10. The lowest BCUT2D eigenvalue weighted by Crippen LogP contribution is -2.02. The summed E-state index contributed by atoms with van der Waals surface area (Å²) >= 11 is 0. The molecule has 0 saturated carbocycles. The summed E-state index contributed by atoms with van der Waals surface area (Å²) in [5, 5.41) is 13.7. The fourth-order valence-electron chi connectivity index (χ4n) is 3.71. The molecule has 4 rings (SSSR count). The Hall–Kier alpha value is -2.93. The van der Waals surface area contributed by atoms with Crippen molar-refractivity contribution >= 4 is 15.8 Å². The Bertz CT molecular complexity index is 1200. The van der Waals surface area contributed by atoms with Crippen LogP contribution in [0.4, 0.5) is 0 Å². The van der Waals surface area contributed by atoms with Gasteiger partial charge in [-0.1, -0.05) is 11.2 Å². The second-order valence-corrected chi connectivity index (χ2v) is 8.84. The van der Waals surface area contributed by atoms with Crippen LogP contribution in [0.25, 0.3) is 22.3 Å². The number of carboxylic acid groups (broad SMARTS) is 1. The van der Waals surface area contributed by atoms with Gasteiger partial charge in [-0.3, -0.25) is 0 Å². The monoisotopic (exact) mass is 383 g/mol. The van der Waals surface area contributed by atoms with E-state index in [1.807, 2.05) is 6.07 Å². The Balaban J connectivity index is 2.02. The number of aromatic nitrogens is 1. The molecule has 138 valence electrons. The van der Waals surface area contributed by atoms with Gasteiger partial charge in [0.15, 0.2) is 9.84 Å². The van der Waals surface area contributed by atoms with Crippen molar-refractivity contribution in [2.45, 2.75) is 25.2 Å². The molecule has 1 N–H and O–H groups in total. The quantitative estimate of drug-likeness (QED) is 0.580. The third-order valence-corrected chi connectivity index (χ3v) is 6.08. The largest absolute Gasteiger partial charge is 0.478 e. The molecule has 0 spiro atoms. The molecule has 7 heteroatoms. The molecule has 1 heterocycles. The van der Waals surface area contributed by atoms with Gasteiger partial charge >= 0.3 is 5.97 Å². The summed E-state index contributed by atoms with van der Waals surface area (Å²) in [4.78, 5) is 12.1. The number of carbonyl (C=O) groups is 1. The van der Waals surface area contributed by atoms with Crippen LogP contribution in [0.2, 0.25) is 0 Å². The van der Waals surface area contributed by atoms with Gasteiger partial charge < -0.3 is 9.63 Å². The maximum absolute atomic E-state index is 11.9. The molecule has 0 amide bonds. The molecule has 0 atom stereocenters. The Labute approximate surface area is 156 Å².